The summed E-state index contributed by atoms with van der Waals surface area (Å²) < 4.78 is 0. The van der Waals surface area contributed by atoms with Gasteiger partial charge in [0.05, 0.1) is 0 Å². The predicted molar refractivity (Wildman–Crippen MR) is 103 cm³/mol. The minimum atomic E-state index is -0.0830. The number of aryl methyl sites for hydroxylation is 1. The minimum Gasteiger partial charge on any atom is -0.350 e. The lowest BCUT2D eigenvalue weighted by atomic mass is 9.93. The van der Waals surface area contributed by atoms with Gasteiger partial charge in [-0.05, 0) is 43.9 Å². The Morgan fingerprint density at radius 1 is 1.38 bits per heavy atom. The van der Waals surface area contributed by atoms with E-state index in [0.717, 1.165) is 29.3 Å². The van der Waals surface area contributed by atoms with Crippen LogP contribution in [-0.4, -0.2) is 47.4 Å². The second-order valence-electron chi connectivity index (χ2n) is 7.30. The van der Waals surface area contributed by atoms with Crippen molar-refractivity contribution in [1.29, 1.82) is 0 Å². The molecule has 6 nitrogen and oxygen atoms in total. The predicted octanol–water partition coefficient (Wildman–Crippen LogP) is 2.18. The third-order valence-corrected chi connectivity index (χ3v) is 5.28. The highest BCUT2D eigenvalue weighted by Gasteiger charge is 2.29. The van der Waals surface area contributed by atoms with Gasteiger partial charge in [0.25, 0.3) is 5.91 Å². The fraction of sp³-hybridized carbons (Fsp3) is 0.500. The van der Waals surface area contributed by atoms with E-state index in [-0.39, 0.29) is 23.8 Å². The number of rotatable bonds is 5. The molecular formula is C20H28N4O2. The van der Waals surface area contributed by atoms with Crippen LogP contribution in [0.5, 0.6) is 0 Å². The van der Waals surface area contributed by atoms with Gasteiger partial charge in [0.1, 0.15) is 5.69 Å². The molecule has 0 spiro atoms. The summed E-state index contributed by atoms with van der Waals surface area (Å²) in [7, 11) is 0. The Morgan fingerprint density at radius 3 is 2.88 bits per heavy atom. The summed E-state index contributed by atoms with van der Waals surface area (Å²) in [5, 5.41) is 4.18. The quantitative estimate of drug-likeness (QED) is 0.767. The van der Waals surface area contributed by atoms with Crippen LogP contribution in [0.3, 0.4) is 0 Å². The number of likely N-dealkylation sites (tertiary alicyclic amines) is 1. The first-order valence-electron chi connectivity index (χ1n) is 9.36. The fourth-order valence-electron chi connectivity index (χ4n) is 3.67. The van der Waals surface area contributed by atoms with Gasteiger partial charge in [-0.1, -0.05) is 25.1 Å². The van der Waals surface area contributed by atoms with Crippen molar-refractivity contribution >= 4 is 22.7 Å². The lowest BCUT2D eigenvalue weighted by Gasteiger charge is -2.37. The highest BCUT2D eigenvalue weighted by atomic mass is 16.2. The Morgan fingerprint density at radius 2 is 2.19 bits per heavy atom. The molecule has 1 saturated heterocycles. The average Bonchev–Trinajstić information content (AvgIpc) is 3.07. The van der Waals surface area contributed by atoms with E-state index in [2.05, 4.69) is 17.2 Å². The molecular weight excluding hydrogens is 328 g/mol. The van der Waals surface area contributed by atoms with Crippen LogP contribution >= 0.6 is 0 Å². The van der Waals surface area contributed by atoms with Crippen molar-refractivity contribution in [2.45, 2.75) is 39.2 Å². The summed E-state index contributed by atoms with van der Waals surface area (Å²) >= 11 is 0. The molecule has 140 valence electrons. The van der Waals surface area contributed by atoms with E-state index in [1.165, 1.54) is 0 Å². The van der Waals surface area contributed by atoms with Gasteiger partial charge >= 0.3 is 0 Å². The number of nitrogens with zero attached hydrogens (tertiary/aromatic N) is 1. The van der Waals surface area contributed by atoms with Crippen LogP contribution in [0.25, 0.3) is 10.9 Å². The molecule has 1 fully saturated rings. The average molecular weight is 356 g/mol. The standard InChI is InChI=1S/C20H28N4O2/c1-13-5-3-6-15-11-17(22-19(13)15)20(26)23-16-8-10-24(12-14(16)2)18(25)7-4-9-21/h3,5-6,11,14,16,22H,4,7-10,12,21H2,1-2H3,(H,23,26)/t14-,16-/m1/s1. The zero-order valence-corrected chi connectivity index (χ0v) is 15.5. The van der Waals surface area contributed by atoms with Gasteiger partial charge in [-0.2, -0.15) is 0 Å². The number of nitrogens with one attached hydrogen (secondary N) is 2. The van der Waals surface area contributed by atoms with Gasteiger partial charge < -0.3 is 20.9 Å². The van der Waals surface area contributed by atoms with E-state index in [9.17, 15) is 9.59 Å². The van der Waals surface area contributed by atoms with Crippen LogP contribution in [0, 0.1) is 12.8 Å². The highest BCUT2D eigenvalue weighted by Crippen LogP contribution is 2.21. The molecule has 2 heterocycles. The molecule has 1 aliphatic heterocycles. The SMILES string of the molecule is Cc1cccc2cc(C(=O)N[C@@H]3CCN(C(=O)CCCN)C[C@H]3C)[nH]c12. The van der Waals surface area contributed by atoms with Crippen LogP contribution in [0.2, 0.25) is 0 Å². The van der Waals surface area contributed by atoms with E-state index in [4.69, 9.17) is 5.73 Å². The van der Waals surface area contributed by atoms with Crippen LogP contribution in [0.1, 0.15) is 42.2 Å². The summed E-state index contributed by atoms with van der Waals surface area (Å²) in [5.41, 5.74) is 8.20. The molecule has 2 aromatic rings. The van der Waals surface area contributed by atoms with Gasteiger partial charge in [-0.25, -0.2) is 0 Å². The molecule has 3 rings (SSSR count). The lowest BCUT2D eigenvalue weighted by molar-refractivity contribution is -0.133. The maximum absolute atomic E-state index is 12.7. The van der Waals surface area contributed by atoms with Crippen molar-refractivity contribution in [1.82, 2.24) is 15.2 Å². The van der Waals surface area contributed by atoms with Crippen LogP contribution in [0.15, 0.2) is 24.3 Å². The number of para-hydroxylation sites is 1. The van der Waals surface area contributed by atoms with Crippen molar-refractivity contribution < 1.29 is 9.59 Å². The third kappa shape index (κ3) is 3.90. The number of piperidine rings is 1. The number of fused-ring (bicyclic) bond motifs is 1. The number of benzene rings is 1. The van der Waals surface area contributed by atoms with E-state index in [1.807, 2.05) is 36.1 Å². The molecule has 1 aromatic carbocycles. The number of carbonyl (C=O) groups is 2. The molecule has 2 atom stereocenters. The largest absolute Gasteiger partial charge is 0.350 e. The smallest absolute Gasteiger partial charge is 0.267 e. The molecule has 26 heavy (non-hydrogen) atoms. The zero-order chi connectivity index (χ0) is 18.7. The highest BCUT2D eigenvalue weighted by molar-refractivity contribution is 5.98. The van der Waals surface area contributed by atoms with E-state index >= 15 is 0 Å². The lowest BCUT2D eigenvalue weighted by Crippen LogP contribution is -2.51. The Balaban J connectivity index is 1.61. The number of carbonyl (C=O) groups excluding carboxylic acids is 2. The summed E-state index contributed by atoms with van der Waals surface area (Å²) in [6.07, 6.45) is 2.01. The number of amides is 2. The number of hydrogen-bond acceptors (Lipinski definition) is 3. The van der Waals surface area contributed by atoms with Crippen molar-refractivity contribution in [3.05, 3.63) is 35.5 Å². The van der Waals surface area contributed by atoms with Crippen LogP contribution in [-0.2, 0) is 4.79 Å². The van der Waals surface area contributed by atoms with Gasteiger partial charge in [0.15, 0.2) is 0 Å². The molecule has 0 saturated carbocycles. The molecule has 0 bridgehead atoms. The van der Waals surface area contributed by atoms with Crippen LogP contribution < -0.4 is 11.1 Å². The topological polar surface area (TPSA) is 91.2 Å². The first-order valence-corrected chi connectivity index (χ1v) is 9.36. The maximum Gasteiger partial charge on any atom is 0.267 e. The number of H-pyrrole nitrogens is 1. The number of nitrogens with two attached hydrogens (primary N) is 1. The van der Waals surface area contributed by atoms with Crippen molar-refractivity contribution in [2.75, 3.05) is 19.6 Å². The van der Waals surface area contributed by atoms with Gasteiger partial charge in [-0.3, -0.25) is 9.59 Å². The normalized spacial score (nSPS) is 20.3. The monoisotopic (exact) mass is 356 g/mol. The van der Waals surface area contributed by atoms with Gasteiger partial charge in [0, 0.05) is 36.5 Å². The first kappa shape index (κ1) is 18.5. The molecule has 0 unspecified atom stereocenters. The van der Waals surface area contributed by atoms with Crippen molar-refractivity contribution in [3.63, 3.8) is 0 Å². The Labute approximate surface area is 154 Å². The Bertz CT molecular complexity index is 798. The molecule has 1 aliphatic rings. The Hall–Kier alpha value is -2.34. The van der Waals surface area contributed by atoms with E-state index in [1.54, 1.807) is 0 Å². The molecule has 0 radical (unpaired) electrons. The van der Waals surface area contributed by atoms with Crippen molar-refractivity contribution in [2.24, 2.45) is 11.7 Å². The second-order valence-corrected chi connectivity index (χ2v) is 7.30. The fourth-order valence-corrected chi connectivity index (χ4v) is 3.67. The zero-order valence-electron chi connectivity index (χ0n) is 15.5. The van der Waals surface area contributed by atoms with Gasteiger partial charge in [0.2, 0.25) is 5.91 Å². The van der Waals surface area contributed by atoms with Gasteiger partial charge in [-0.15, -0.1) is 0 Å². The third-order valence-electron chi connectivity index (χ3n) is 5.28. The molecule has 6 heteroatoms. The number of aromatic amines is 1. The molecule has 4 N–H and O–H groups in total. The van der Waals surface area contributed by atoms with E-state index in [0.29, 0.717) is 31.7 Å². The molecule has 2 amide bonds. The Kier molecular flexibility index (Phi) is 5.61. The summed E-state index contributed by atoms with van der Waals surface area (Å²) in [6.45, 7) is 6.02. The van der Waals surface area contributed by atoms with E-state index < -0.39 is 0 Å². The minimum absolute atomic E-state index is 0.0774. The summed E-state index contributed by atoms with van der Waals surface area (Å²) in [4.78, 5) is 29.9. The summed E-state index contributed by atoms with van der Waals surface area (Å²) in [6, 6.07) is 8.00. The summed E-state index contributed by atoms with van der Waals surface area (Å²) in [5.74, 6) is 0.305. The molecule has 1 aromatic heterocycles. The number of aromatic nitrogens is 1. The first-order chi connectivity index (χ1) is 12.5. The second kappa shape index (κ2) is 7.91. The van der Waals surface area contributed by atoms with Crippen molar-refractivity contribution in [3.8, 4) is 0 Å². The molecule has 0 aliphatic carbocycles. The number of hydrogen-bond donors (Lipinski definition) is 3. The maximum atomic E-state index is 12.7. The van der Waals surface area contributed by atoms with Crippen LogP contribution in [0.4, 0.5) is 0 Å².